The van der Waals surface area contributed by atoms with Crippen molar-refractivity contribution in [2.75, 3.05) is 7.11 Å². The van der Waals surface area contributed by atoms with Crippen LogP contribution < -0.4 is 4.74 Å². The molecule has 12 heteroatoms. The molecule has 1 N–H and O–H groups in total. The molecule has 0 saturated carbocycles. The van der Waals surface area contributed by atoms with Gasteiger partial charge in [0.2, 0.25) is 0 Å². The molecule has 0 saturated heterocycles. The van der Waals surface area contributed by atoms with Crippen molar-refractivity contribution in [2.24, 2.45) is 0 Å². The Balaban J connectivity index is 0.000000284. The van der Waals surface area contributed by atoms with Crippen LogP contribution in [-0.2, 0) is 10.1 Å². The third-order valence-corrected chi connectivity index (χ3v) is 3.03. The second-order valence-electron chi connectivity index (χ2n) is 3.89. The molecule has 0 atom stereocenters. The Labute approximate surface area is 127 Å². The monoisotopic (exact) mass is 354 g/mol. The first kappa shape index (κ1) is 18.6. The Morgan fingerprint density at radius 3 is 2.30 bits per heavy atom. The standard InChI is InChI=1S/C10H8N2O3.CHF3O3S/c1-15-9-3-2-7-6-11-5-4-8(7)10(9)12(13)14;2-1(3,4)8(5,6)7/h2-6H,1H3;(H,5,6,7). The summed E-state index contributed by atoms with van der Waals surface area (Å²) in [5.41, 5.74) is -5.55. The molecule has 2 aromatic rings. The normalized spacial score (nSPS) is 11.5. The molecule has 0 aliphatic carbocycles. The van der Waals surface area contributed by atoms with Crippen LogP contribution in [0.1, 0.15) is 0 Å². The maximum atomic E-state index is 10.9. The van der Waals surface area contributed by atoms with E-state index in [9.17, 15) is 23.3 Å². The first-order valence-corrected chi connectivity index (χ1v) is 7.02. The number of nitrogens with zero attached hydrogens (tertiary/aromatic N) is 2. The van der Waals surface area contributed by atoms with Crippen LogP contribution in [0.15, 0.2) is 30.6 Å². The van der Waals surface area contributed by atoms with Crippen LogP contribution in [0, 0.1) is 10.1 Å². The first-order chi connectivity index (χ1) is 10.5. The van der Waals surface area contributed by atoms with Crippen molar-refractivity contribution in [2.45, 2.75) is 5.51 Å². The largest absolute Gasteiger partial charge is 0.522 e. The summed E-state index contributed by atoms with van der Waals surface area (Å²) >= 11 is 0. The SMILES string of the molecule is COc1ccc2cnccc2c1[N+](=O)[O-].O=S(=O)(O)C(F)(F)F. The fourth-order valence-corrected chi connectivity index (χ4v) is 1.49. The van der Waals surface area contributed by atoms with Crippen molar-refractivity contribution in [3.8, 4) is 5.75 Å². The zero-order chi connectivity index (χ0) is 17.8. The average molecular weight is 354 g/mol. The van der Waals surface area contributed by atoms with Crippen LogP contribution in [0.25, 0.3) is 10.8 Å². The maximum Gasteiger partial charge on any atom is 0.522 e. The highest BCUT2D eigenvalue weighted by Crippen LogP contribution is 2.34. The van der Waals surface area contributed by atoms with Gasteiger partial charge in [0.25, 0.3) is 0 Å². The van der Waals surface area contributed by atoms with Gasteiger partial charge in [0.15, 0.2) is 5.75 Å². The molecule has 126 valence electrons. The first-order valence-electron chi connectivity index (χ1n) is 5.58. The van der Waals surface area contributed by atoms with Crippen LogP contribution in [-0.4, -0.2) is 35.5 Å². The third-order valence-electron chi connectivity index (χ3n) is 2.45. The summed E-state index contributed by atoms with van der Waals surface area (Å²) < 4.78 is 62.5. The lowest BCUT2D eigenvalue weighted by molar-refractivity contribution is -0.383. The van der Waals surface area contributed by atoms with Crippen molar-refractivity contribution >= 4 is 26.6 Å². The van der Waals surface area contributed by atoms with E-state index in [1.165, 1.54) is 13.3 Å². The minimum absolute atomic E-state index is 0.0163. The van der Waals surface area contributed by atoms with Gasteiger partial charge in [-0.3, -0.25) is 19.7 Å². The highest BCUT2D eigenvalue weighted by Gasteiger charge is 2.44. The number of ether oxygens (including phenoxy) is 1. The van der Waals surface area contributed by atoms with Gasteiger partial charge in [-0.1, -0.05) is 0 Å². The molecule has 0 aliphatic rings. The number of alkyl halides is 3. The number of rotatable bonds is 2. The number of hydrogen-bond donors (Lipinski definition) is 1. The highest BCUT2D eigenvalue weighted by molar-refractivity contribution is 7.86. The molecule has 0 fully saturated rings. The van der Waals surface area contributed by atoms with Crippen LogP contribution in [0.2, 0.25) is 0 Å². The van der Waals surface area contributed by atoms with E-state index in [4.69, 9.17) is 17.7 Å². The molecular weight excluding hydrogens is 345 g/mol. The summed E-state index contributed by atoms with van der Waals surface area (Å²) in [5, 5.41) is 12.2. The van der Waals surface area contributed by atoms with Gasteiger partial charge in [0.1, 0.15) is 0 Å². The molecule has 23 heavy (non-hydrogen) atoms. The molecule has 0 unspecified atom stereocenters. The lowest BCUT2D eigenvalue weighted by Crippen LogP contribution is -2.21. The summed E-state index contributed by atoms with van der Waals surface area (Å²) in [5.74, 6) is 0.263. The molecule has 1 heterocycles. The molecule has 0 radical (unpaired) electrons. The molecule has 0 amide bonds. The minimum atomic E-state index is -5.84. The van der Waals surface area contributed by atoms with Gasteiger partial charge in [-0.2, -0.15) is 21.6 Å². The Kier molecular flexibility index (Phi) is 5.45. The molecule has 1 aromatic carbocycles. The lowest BCUT2D eigenvalue weighted by Gasteiger charge is -2.03. The van der Waals surface area contributed by atoms with Crippen molar-refractivity contribution in [1.82, 2.24) is 4.98 Å². The summed E-state index contributed by atoms with van der Waals surface area (Å²) in [6.07, 6.45) is 3.11. The molecule has 2 rings (SSSR count). The number of aromatic nitrogens is 1. The average Bonchev–Trinajstić information content (AvgIpc) is 2.44. The van der Waals surface area contributed by atoms with Crippen molar-refractivity contribution in [3.63, 3.8) is 0 Å². The van der Waals surface area contributed by atoms with E-state index in [0.717, 1.165) is 5.39 Å². The number of halogens is 3. The predicted octanol–water partition coefficient (Wildman–Crippen LogP) is 2.55. The van der Waals surface area contributed by atoms with E-state index in [1.54, 1.807) is 24.4 Å². The van der Waals surface area contributed by atoms with Crippen molar-refractivity contribution in [3.05, 3.63) is 40.7 Å². The summed E-state index contributed by atoms with van der Waals surface area (Å²) in [6, 6.07) is 4.92. The van der Waals surface area contributed by atoms with E-state index in [1.807, 2.05) is 0 Å². The number of nitro groups is 1. The molecule has 0 spiro atoms. The number of fused-ring (bicyclic) bond motifs is 1. The molecule has 8 nitrogen and oxygen atoms in total. The topological polar surface area (TPSA) is 120 Å². The van der Waals surface area contributed by atoms with E-state index in [0.29, 0.717) is 5.39 Å². The van der Waals surface area contributed by atoms with Crippen LogP contribution in [0.5, 0.6) is 5.75 Å². The maximum absolute atomic E-state index is 10.9. The number of hydrogen-bond acceptors (Lipinski definition) is 6. The third kappa shape index (κ3) is 4.50. The fourth-order valence-electron chi connectivity index (χ4n) is 1.49. The number of methoxy groups -OCH3 is 1. The summed E-state index contributed by atoms with van der Waals surface area (Å²) in [6.45, 7) is 0. The summed E-state index contributed by atoms with van der Waals surface area (Å²) in [7, 11) is -4.43. The minimum Gasteiger partial charge on any atom is -0.490 e. The molecule has 0 bridgehead atoms. The zero-order valence-corrected chi connectivity index (χ0v) is 12.1. The Hall–Kier alpha value is -2.47. The van der Waals surface area contributed by atoms with Crippen LogP contribution in [0.3, 0.4) is 0 Å². The summed E-state index contributed by atoms with van der Waals surface area (Å²) in [4.78, 5) is 14.4. The number of nitro benzene ring substituents is 1. The number of pyridine rings is 1. The molecular formula is C11H9F3N2O6S. The van der Waals surface area contributed by atoms with Gasteiger partial charge in [-0.25, -0.2) is 0 Å². The van der Waals surface area contributed by atoms with Crippen LogP contribution >= 0.6 is 0 Å². The quantitative estimate of drug-likeness (QED) is 0.381. The second kappa shape index (κ2) is 6.75. The smallest absolute Gasteiger partial charge is 0.490 e. The van der Waals surface area contributed by atoms with Gasteiger partial charge in [-0.05, 0) is 18.2 Å². The van der Waals surface area contributed by atoms with E-state index in [2.05, 4.69) is 4.98 Å². The Morgan fingerprint density at radius 2 is 1.87 bits per heavy atom. The fraction of sp³-hybridized carbons (Fsp3) is 0.182. The van der Waals surface area contributed by atoms with Crippen LogP contribution in [0.4, 0.5) is 18.9 Å². The molecule has 0 aliphatic heterocycles. The van der Waals surface area contributed by atoms with E-state index >= 15 is 0 Å². The Bertz CT molecular complexity index is 822. The van der Waals surface area contributed by atoms with Crippen molar-refractivity contribution < 1.29 is 35.8 Å². The zero-order valence-electron chi connectivity index (χ0n) is 11.3. The van der Waals surface area contributed by atoms with Gasteiger partial charge in [0, 0.05) is 17.8 Å². The second-order valence-corrected chi connectivity index (χ2v) is 5.30. The van der Waals surface area contributed by atoms with Crippen molar-refractivity contribution in [1.29, 1.82) is 0 Å². The molecule has 1 aromatic heterocycles. The Morgan fingerprint density at radius 1 is 1.30 bits per heavy atom. The number of benzene rings is 1. The van der Waals surface area contributed by atoms with Gasteiger partial charge in [-0.15, -0.1) is 0 Å². The van der Waals surface area contributed by atoms with E-state index in [-0.39, 0.29) is 11.4 Å². The van der Waals surface area contributed by atoms with Gasteiger partial charge >= 0.3 is 21.3 Å². The highest BCUT2D eigenvalue weighted by atomic mass is 32.2. The van der Waals surface area contributed by atoms with E-state index < -0.39 is 20.5 Å². The van der Waals surface area contributed by atoms with Gasteiger partial charge < -0.3 is 4.74 Å². The predicted molar refractivity (Wildman–Crippen MR) is 72.6 cm³/mol. The van der Waals surface area contributed by atoms with Gasteiger partial charge in [0.05, 0.1) is 17.4 Å². The lowest BCUT2D eigenvalue weighted by atomic mass is 10.1.